The third kappa shape index (κ3) is 4.05. The second-order valence-electron chi connectivity index (χ2n) is 6.83. The largest absolute Gasteiger partial charge is 0.478 e. The minimum Gasteiger partial charge on any atom is -0.478 e. The quantitative estimate of drug-likeness (QED) is 0.337. The third-order valence-electron chi connectivity index (χ3n) is 4.91. The van der Waals surface area contributed by atoms with E-state index in [1.165, 1.54) is 5.57 Å². The number of carboxylic acids is 1. The lowest BCUT2D eigenvalue weighted by atomic mass is 9.90. The summed E-state index contributed by atoms with van der Waals surface area (Å²) in [6.07, 6.45) is 7.18. The van der Waals surface area contributed by atoms with Crippen LogP contribution >= 0.6 is 0 Å². The summed E-state index contributed by atoms with van der Waals surface area (Å²) in [6, 6.07) is 20.0. The van der Waals surface area contributed by atoms with Crippen molar-refractivity contribution in [1.82, 2.24) is 15.0 Å². The molecule has 0 unspecified atom stereocenters. The minimum atomic E-state index is -0.966. The van der Waals surface area contributed by atoms with Crippen LogP contribution in [-0.4, -0.2) is 26.0 Å². The molecule has 5 heteroatoms. The molecule has 4 rings (SSSR count). The number of allylic oxidation sites excluding steroid dienone is 1. The number of H-pyrrole nitrogens is 1. The highest BCUT2D eigenvalue weighted by Crippen LogP contribution is 2.34. The van der Waals surface area contributed by atoms with Gasteiger partial charge in [-0.2, -0.15) is 0 Å². The molecule has 30 heavy (non-hydrogen) atoms. The van der Waals surface area contributed by atoms with Gasteiger partial charge in [0.25, 0.3) is 0 Å². The maximum absolute atomic E-state index is 10.8. The lowest BCUT2D eigenvalue weighted by Gasteiger charge is -2.15. The van der Waals surface area contributed by atoms with Gasteiger partial charge in [-0.15, -0.1) is 0 Å². The first-order valence-corrected chi connectivity index (χ1v) is 9.76. The third-order valence-corrected chi connectivity index (χ3v) is 4.91. The van der Waals surface area contributed by atoms with E-state index in [1.807, 2.05) is 54.7 Å². The predicted molar refractivity (Wildman–Crippen MR) is 120 cm³/mol. The van der Waals surface area contributed by atoms with Gasteiger partial charge in [0, 0.05) is 17.8 Å². The summed E-state index contributed by atoms with van der Waals surface area (Å²) in [5, 5.41) is 8.85. The molecule has 2 aromatic heterocycles. The van der Waals surface area contributed by atoms with Crippen LogP contribution in [0.1, 0.15) is 35.7 Å². The molecule has 0 bridgehead atoms. The number of carbonyl (C=O) groups is 1. The van der Waals surface area contributed by atoms with Gasteiger partial charge in [-0.3, -0.25) is 0 Å². The number of benzene rings is 2. The van der Waals surface area contributed by atoms with Crippen molar-refractivity contribution in [3.05, 3.63) is 102 Å². The summed E-state index contributed by atoms with van der Waals surface area (Å²) in [6.45, 7) is 2.13. The number of hydrogen-bond acceptors (Lipinski definition) is 3. The van der Waals surface area contributed by atoms with Gasteiger partial charge in [0.15, 0.2) is 5.65 Å². The molecule has 2 aromatic carbocycles. The Bertz CT molecular complexity index is 1240. The lowest BCUT2D eigenvalue weighted by molar-refractivity contribution is -0.131. The molecular weight excluding hydrogens is 374 g/mol. The maximum atomic E-state index is 10.8. The fourth-order valence-electron chi connectivity index (χ4n) is 3.52. The summed E-state index contributed by atoms with van der Waals surface area (Å²) >= 11 is 0. The number of hydrogen-bond donors (Lipinski definition) is 2. The van der Waals surface area contributed by atoms with Crippen molar-refractivity contribution in [2.24, 2.45) is 0 Å². The normalized spacial score (nSPS) is 12.3. The highest BCUT2D eigenvalue weighted by atomic mass is 16.4. The van der Waals surface area contributed by atoms with Crippen molar-refractivity contribution in [2.45, 2.75) is 13.3 Å². The zero-order chi connectivity index (χ0) is 20.9. The van der Waals surface area contributed by atoms with E-state index < -0.39 is 5.97 Å². The molecule has 0 aliphatic heterocycles. The van der Waals surface area contributed by atoms with Gasteiger partial charge in [0.05, 0.1) is 11.9 Å². The summed E-state index contributed by atoms with van der Waals surface area (Å²) in [5.41, 5.74) is 7.54. The van der Waals surface area contributed by atoms with Crippen molar-refractivity contribution in [1.29, 1.82) is 0 Å². The molecule has 5 nitrogen and oxygen atoms in total. The predicted octanol–water partition coefficient (Wildman–Crippen LogP) is 5.42. The summed E-state index contributed by atoms with van der Waals surface area (Å²) in [4.78, 5) is 23.3. The average molecular weight is 395 g/mol. The fraction of sp³-hybridized carbons (Fsp3) is 0.0800. The van der Waals surface area contributed by atoms with Gasteiger partial charge < -0.3 is 10.1 Å². The van der Waals surface area contributed by atoms with Gasteiger partial charge in [0.2, 0.25) is 0 Å². The smallest absolute Gasteiger partial charge is 0.328 e. The van der Waals surface area contributed by atoms with Crippen molar-refractivity contribution >= 4 is 34.4 Å². The highest BCUT2D eigenvalue weighted by molar-refractivity contribution is 5.98. The molecule has 0 spiro atoms. The Morgan fingerprint density at radius 2 is 1.80 bits per heavy atom. The second-order valence-corrected chi connectivity index (χ2v) is 6.83. The Kier molecular flexibility index (Phi) is 5.52. The van der Waals surface area contributed by atoms with E-state index in [9.17, 15) is 4.79 Å². The van der Waals surface area contributed by atoms with Crippen LogP contribution in [0.4, 0.5) is 0 Å². The van der Waals surface area contributed by atoms with Gasteiger partial charge >= 0.3 is 5.97 Å². The van der Waals surface area contributed by atoms with Gasteiger partial charge in [-0.25, -0.2) is 14.8 Å². The molecule has 0 amide bonds. The molecule has 0 saturated heterocycles. The highest BCUT2D eigenvalue weighted by Gasteiger charge is 2.15. The molecule has 0 atom stereocenters. The van der Waals surface area contributed by atoms with E-state index in [4.69, 9.17) is 10.1 Å². The Morgan fingerprint density at radius 3 is 2.50 bits per heavy atom. The van der Waals surface area contributed by atoms with Crippen LogP contribution in [0.3, 0.4) is 0 Å². The van der Waals surface area contributed by atoms with E-state index in [2.05, 4.69) is 29.0 Å². The molecular formula is C25H21N3O2. The van der Waals surface area contributed by atoms with Crippen LogP contribution in [0.5, 0.6) is 0 Å². The van der Waals surface area contributed by atoms with E-state index in [1.54, 1.807) is 12.3 Å². The number of rotatable bonds is 6. The first-order valence-electron chi connectivity index (χ1n) is 9.76. The van der Waals surface area contributed by atoms with Crippen molar-refractivity contribution in [3.63, 3.8) is 0 Å². The fourth-order valence-corrected chi connectivity index (χ4v) is 3.52. The van der Waals surface area contributed by atoms with Crippen LogP contribution < -0.4 is 0 Å². The van der Waals surface area contributed by atoms with Crippen molar-refractivity contribution in [3.8, 4) is 0 Å². The first kappa shape index (κ1) is 19.3. The number of fused-ring (bicyclic) bond motifs is 1. The number of aromatic amines is 1. The molecule has 0 aliphatic carbocycles. The van der Waals surface area contributed by atoms with E-state index >= 15 is 0 Å². The Hall–Kier alpha value is -3.99. The standard InChI is InChI=1S/C25H21N3O2/c1-2-20(18-6-4-3-5-7-18)24(22-16-27-25-21(28-22)14-15-26-25)19-11-8-17(9-12-19)10-13-23(29)30/h3-16H,2H2,1H3,(H,26,27)(H,29,30)/b13-10+,24-20+. The Morgan fingerprint density at radius 1 is 1.03 bits per heavy atom. The van der Waals surface area contributed by atoms with Gasteiger partial charge in [-0.1, -0.05) is 61.5 Å². The number of nitrogens with zero attached hydrogens (tertiary/aromatic N) is 2. The zero-order valence-corrected chi connectivity index (χ0v) is 16.5. The topological polar surface area (TPSA) is 78.9 Å². The SMILES string of the molecule is CC/C(=C(/c1ccc(/C=C/C(=O)O)cc1)c1cnc2[nH]ccc2n1)c1ccccc1. The summed E-state index contributed by atoms with van der Waals surface area (Å²) < 4.78 is 0. The molecule has 0 saturated carbocycles. The minimum absolute atomic E-state index is 0.755. The molecule has 0 fully saturated rings. The van der Waals surface area contributed by atoms with Crippen LogP contribution in [0.15, 0.2) is 79.1 Å². The molecule has 4 aromatic rings. The van der Waals surface area contributed by atoms with Crippen molar-refractivity contribution < 1.29 is 9.90 Å². The molecule has 0 aliphatic rings. The summed E-state index contributed by atoms with van der Waals surface area (Å²) in [7, 11) is 0. The first-order chi connectivity index (χ1) is 14.7. The lowest BCUT2D eigenvalue weighted by Crippen LogP contribution is -1.99. The monoisotopic (exact) mass is 395 g/mol. The Labute approximate surface area is 174 Å². The molecule has 0 radical (unpaired) electrons. The van der Waals surface area contributed by atoms with E-state index in [0.717, 1.165) is 51.6 Å². The number of aliphatic carboxylic acids is 1. The second kappa shape index (κ2) is 8.57. The van der Waals surface area contributed by atoms with Crippen LogP contribution in [0, 0.1) is 0 Å². The van der Waals surface area contributed by atoms with E-state index in [0.29, 0.717) is 0 Å². The van der Waals surface area contributed by atoms with Gasteiger partial charge in [0.1, 0.15) is 5.52 Å². The zero-order valence-electron chi connectivity index (χ0n) is 16.5. The maximum Gasteiger partial charge on any atom is 0.328 e. The Balaban J connectivity index is 1.89. The number of carboxylic acid groups (broad SMARTS) is 1. The molecule has 148 valence electrons. The van der Waals surface area contributed by atoms with Crippen LogP contribution in [0.2, 0.25) is 0 Å². The number of nitrogens with one attached hydrogen (secondary N) is 1. The number of aromatic nitrogens is 3. The van der Waals surface area contributed by atoms with Crippen molar-refractivity contribution in [2.75, 3.05) is 0 Å². The average Bonchev–Trinajstić information content (AvgIpc) is 3.25. The summed E-state index contributed by atoms with van der Waals surface area (Å²) in [5.74, 6) is -0.966. The van der Waals surface area contributed by atoms with Crippen LogP contribution in [0.25, 0.3) is 28.4 Å². The van der Waals surface area contributed by atoms with E-state index in [-0.39, 0.29) is 0 Å². The molecule has 2 heterocycles. The van der Waals surface area contributed by atoms with Crippen LogP contribution in [-0.2, 0) is 4.79 Å². The van der Waals surface area contributed by atoms with Gasteiger partial charge in [-0.05, 0) is 40.8 Å². The molecule has 2 N–H and O–H groups in total.